The summed E-state index contributed by atoms with van der Waals surface area (Å²) in [5.74, 6) is -1.26. The van der Waals surface area contributed by atoms with Gasteiger partial charge in [-0.2, -0.15) is 17.5 Å². The summed E-state index contributed by atoms with van der Waals surface area (Å²) in [6.45, 7) is 5.11. The van der Waals surface area contributed by atoms with Gasteiger partial charge in [-0.25, -0.2) is 13.2 Å². The molecule has 47 heavy (non-hydrogen) atoms. The highest BCUT2D eigenvalue weighted by atomic mass is 32.2. The number of halogens is 3. The number of aryl methyl sites for hydroxylation is 2. The van der Waals surface area contributed by atoms with E-state index in [1.165, 1.54) is 47.6 Å². The third kappa shape index (κ3) is 7.08. The molecule has 8 nitrogen and oxygen atoms in total. The van der Waals surface area contributed by atoms with Crippen molar-refractivity contribution in [3.8, 4) is 0 Å². The van der Waals surface area contributed by atoms with Gasteiger partial charge in [-0.05, 0) is 74.9 Å². The topological polar surface area (TPSA) is 97.1 Å². The van der Waals surface area contributed by atoms with Crippen LogP contribution in [0.4, 0.5) is 18.9 Å². The standard InChI is InChI=1S/C35H31F3N2O6S/c1-22-8-12-25(13-9-22)20-39(47(43,44)30-16-10-23(2)11-17-30)21-29-15-14-28(46-29)19-31-32(34(42)45-4)24(3)40(33(31)41)27-7-5-6-26(18-27)35(36,37)38/h5-19H,20-21H2,1-4H3/b31-19+. The maximum absolute atomic E-state index is 13.8. The Hall–Kier alpha value is -4.94. The van der Waals surface area contributed by atoms with Crippen LogP contribution in [0.1, 0.15) is 40.7 Å². The second-order valence-corrected chi connectivity index (χ2v) is 13.0. The van der Waals surface area contributed by atoms with Crippen molar-refractivity contribution >= 4 is 33.7 Å². The number of carbonyl (C=O) groups excluding carboxylic acids is 2. The second-order valence-electron chi connectivity index (χ2n) is 11.1. The van der Waals surface area contributed by atoms with E-state index in [1.807, 2.05) is 38.1 Å². The van der Waals surface area contributed by atoms with E-state index in [1.54, 1.807) is 18.2 Å². The van der Waals surface area contributed by atoms with E-state index in [0.29, 0.717) is 0 Å². The lowest BCUT2D eigenvalue weighted by atomic mass is 10.1. The first-order valence-electron chi connectivity index (χ1n) is 14.4. The predicted molar refractivity (Wildman–Crippen MR) is 169 cm³/mol. The average Bonchev–Trinajstić information content (AvgIpc) is 3.57. The Morgan fingerprint density at radius 2 is 1.55 bits per heavy atom. The van der Waals surface area contributed by atoms with E-state index in [2.05, 4.69) is 0 Å². The van der Waals surface area contributed by atoms with Gasteiger partial charge in [-0.1, -0.05) is 53.6 Å². The van der Waals surface area contributed by atoms with Gasteiger partial charge < -0.3 is 9.15 Å². The molecular weight excluding hydrogens is 633 g/mol. The van der Waals surface area contributed by atoms with Crippen LogP contribution in [0.15, 0.2) is 111 Å². The Morgan fingerprint density at radius 3 is 2.17 bits per heavy atom. The number of methoxy groups -OCH3 is 1. The van der Waals surface area contributed by atoms with Gasteiger partial charge in [0.2, 0.25) is 10.0 Å². The number of amides is 1. The number of anilines is 1. The summed E-state index contributed by atoms with van der Waals surface area (Å²) in [6.07, 6.45) is -3.36. The van der Waals surface area contributed by atoms with E-state index >= 15 is 0 Å². The van der Waals surface area contributed by atoms with Crippen molar-refractivity contribution in [1.29, 1.82) is 0 Å². The van der Waals surface area contributed by atoms with Crippen molar-refractivity contribution in [2.75, 3.05) is 12.0 Å². The maximum atomic E-state index is 13.8. The molecule has 0 N–H and O–H groups in total. The molecule has 1 amide bonds. The van der Waals surface area contributed by atoms with Crippen molar-refractivity contribution < 1.29 is 40.3 Å². The van der Waals surface area contributed by atoms with Crippen molar-refractivity contribution in [2.24, 2.45) is 0 Å². The lowest BCUT2D eigenvalue weighted by Crippen LogP contribution is -2.30. The predicted octanol–water partition coefficient (Wildman–Crippen LogP) is 7.18. The van der Waals surface area contributed by atoms with Crippen LogP contribution in [0, 0.1) is 13.8 Å². The number of furan rings is 1. The fourth-order valence-corrected chi connectivity index (χ4v) is 6.56. The molecule has 0 fully saturated rings. The minimum absolute atomic E-state index is 0.0481. The van der Waals surface area contributed by atoms with E-state index in [-0.39, 0.29) is 52.0 Å². The van der Waals surface area contributed by atoms with Crippen LogP contribution in [-0.2, 0) is 43.6 Å². The number of ether oxygens (including phenoxy) is 1. The first-order valence-corrected chi connectivity index (χ1v) is 15.9. The summed E-state index contributed by atoms with van der Waals surface area (Å²) in [5.41, 5.74) is 1.42. The molecule has 1 aliphatic heterocycles. The number of benzene rings is 3. The summed E-state index contributed by atoms with van der Waals surface area (Å²) < 4.78 is 80.0. The SMILES string of the molecule is COC(=O)C1=C(C)N(c2cccc(C(F)(F)F)c2)C(=O)/C1=C/c1ccc(CN(Cc2ccc(C)cc2)S(=O)(=O)c2ccc(C)cc2)o1. The number of hydrogen-bond acceptors (Lipinski definition) is 6. The summed E-state index contributed by atoms with van der Waals surface area (Å²) in [5, 5.41) is 0. The van der Waals surface area contributed by atoms with Gasteiger partial charge in [0.1, 0.15) is 11.5 Å². The van der Waals surface area contributed by atoms with E-state index in [9.17, 15) is 31.2 Å². The summed E-state index contributed by atoms with van der Waals surface area (Å²) >= 11 is 0. The number of sulfonamides is 1. The normalized spacial score (nSPS) is 14.9. The fraction of sp³-hybridized carbons (Fsp3) is 0.200. The molecule has 4 aromatic rings. The smallest absolute Gasteiger partial charge is 0.416 e. The lowest BCUT2D eigenvalue weighted by Gasteiger charge is -2.22. The highest BCUT2D eigenvalue weighted by Gasteiger charge is 2.39. The maximum Gasteiger partial charge on any atom is 0.416 e. The first kappa shape index (κ1) is 33.4. The zero-order chi connectivity index (χ0) is 34.1. The Bertz CT molecular complexity index is 1990. The van der Waals surface area contributed by atoms with Gasteiger partial charge in [0, 0.05) is 17.9 Å². The van der Waals surface area contributed by atoms with E-state index < -0.39 is 33.6 Å². The molecule has 0 spiro atoms. The highest BCUT2D eigenvalue weighted by Crippen LogP contribution is 2.38. The molecule has 1 aliphatic rings. The van der Waals surface area contributed by atoms with Gasteiger partial charge in [-0.15, -0.1) is 0 Å². The van der Waals surface area contributed by atoms with Gasteiger partial charge in [-0.3, -0.25) is 9.69 Å². The average molecular weight is 665 g/mol. The van der Waals surface area contributed by atoms with Crippen LogP contribution in [0.2, 0.25) is 0 Å². The molecule has 0 saturated heterocycles. The van der Waals surface area contributed by atoms with Crippen molar-refractivity contribution in [3.05, 3.63) is 136 Å². The molecule has 0 radical (unpaired) electrons. The third-order valence-corrected chi connectivity index (χ3v) is 9.47. The van der Waals surface area contributed by atoms with Crippen LogP contribution in [-0.4, -0.2) is 31.7 Å². The molecule has 5 rings (SSSR count). The second kappa shape index (κ2) is 13.0. The third-order valence-electron chi connectivity index (χ3n) is 7.66. The number of hydrogen-bond donors (Lipinski definition) is 0. The number of nitrogens with zero attached hydrogens (tertiary/aromatic N) is 2. The van der Waals surface area contributed by atoms with Crippen LogP contribution in [0.5, 0.6) is 0 Å². The van der Waals surface area contributed by atoms with Gasteiger partial charge in [0.25, 0.3) is 5.91 Å². The number of allylic oxidation sites excluding steroid dienone is 1. The van der Waals surface area contributed by atoms with Crippen LogP contribution in [0.3, 0.4) is 0 Å². The Morgan fingerprint density at radius 1 is 0.915 bits per heavy atom. The molecule has 244 valence electrons. The fourth-order valence-electron chi connectivity index (χ4n) is 5.17. The highest BCUT2D eigenvalue weighted by molar-refractivity contribution is 7.89. The van der Waals surface area contributed by atoms with Crippen LogP contribution < -0.4 is 4.90 Å². The van der Waals surface area contributed by atoms with Gasteiger partial charge >= 0.3 is 12.1 Å². The zero-order valence-electron chi connectivity index (χ0n) is 26.0. The minimum Gasteiger partial charge on any atom is -0.465 e. The van der Waals surface area contributed by atoms with Crippen LogP contribution in [0.25, 0.3) is 6.08 Å². The molecule has 12 heteroatoms. The van der Waals surface area contributed by atoms with Crippen molar-refractivity contribution in [1.82, 2.24) is 4.31 Å². The molecule has 0 bridgehead atoms. The quantitative estimate of drug-likeness (QED) is 0.139. The lowest BCUT2D eigenvalue weighted by molar-refractivity contribution is -0.137. The number of alkyl halides is 3. The minimum atomic E-state index is -4.65. The summed E-state index contributed by atoms with van der Waals surface area (Å²) in [4.78, 5) is 27.6. The van der Waals surface area contributed by atoms with Gasteiger partial charge in [0.05, 0.1) is 35.3 Å². The number of rotatable bonds is 9. The Balaban J connectivity index is 1.49. The number of esters is 1. The molecule has 0 aliphatic carbocycles. The monoisotopic (exact) mass is 664 g/mol. The van der Waals surface area contributed by atoms with Crippen LogP contribution >= 0.6 is 0 Å². The molecule has 3 aromatic carbocycles. The summed E-state index contributed by atoms with van der Waals surface area (Å²) in [7, 11) is -2.86. The zero-order valence-corrected chi connectivity index (χ0v) is 26.8. The first-order chi connectivity index (χ1) is 22.2. The van der Waals surface area contributed by atoms with Crippen molar-refractivity contribution in [3.63, 3.8) is 0 Å². The molecule has 0 atom stereocenters. The van der Waals surface area contributed by atoms with Gasteiger partial charge in [0.15, 0.2) is 0 Å². The molecule has 1 aromatic heterocycles. The summed E-state index contributed by atoms with van der Waals surface area (Å²) in [6, 6.07) is 21.2. The Kier molecular flexibility index (Phi) is 9.28. The molecular formula is C35H31F3N2O6S. The largest absolute Gasteiger partial charge is 0.465 e. The molecule has 0 unspecified atom stereocenters. The van der Waals surface area contributed by atoms with Crippen molar-refractivity contribution in [2.45, 2.75) is 44.9 Å². The van der Waals surface area contributed by atoms with E-state index in [0.717, 1.165) is 40.8 Å². The number of carbonyl (C=O) groups is 2. The van der Waals surface area contributed by atoms with E-state index in [4.69, 9.17) is 9.15 Å². The Labute approximate surface area is 270 Å². The molecule has 0 saturated carbocycles. The molecule has 2 heterocycles.